The molecule has 3 heterocycles. The average molecular weight is 540 g/mol. The summed E-state index contributed by atoms with van der Waals surface area (Å²) in [6.07, 6.45) is 11.9. The minimum absolute atomic E-state index is 0.227. The number of hydrogen-bond donors (Lipinski definition) is 3. The van der Waals surface area contributed by atoms with Crippen LogP contribution in [0.4, 0.5) is 5.69 Å². The molecular weight excluding hydrogens is 498 g/mol. The second-order valence-corrected chi connectivity index (χ2v) is 9.73. The average Bonchev–Trinajstić information content (AvgIpc) is 3.45. The molecule has 8 nitrogen and oxygen atoms in total. The Morgan fingerprint density at radius 1 is 1.05 bits per heavy atom. The molecule has 1 amide bonds. The fourth-order valence-corrected chi connectivity index (χ4v) is 4.05. The molecule has 2 aromatic heterocycles. The summed E-state index contributed by atoms with van der Waals surface area (Å²) in [4.78, 5) is 29.2. The summed E-state index contributed by atoms with van der Waals surface area (Å²) in [6.45, 7) is 15.1. The second kappa shape index (κ2) is 16.1. The Hall–Kier alpha value is -4.06. The summed E-state index contributed by atoms with van der Waals surface area (Å²) in [7, 11) is 0. The van der Waals surface area contributed by atoms with Gasteiger partial charge in [-0.15, -0.1) is 0 Å². The van der Waals surface area contributed by atoms with Gasteiger partial charge in [0.05, 0.1) is 11.8 Å². The Kier molecular flexibility index (Phi) is 12.3. The molecule has 3 N–H and O–H groups in total. The number of aryl methyl sites for hydroxylation is 1. The molecule has 0 atom stereocenters. The number of amides is 1. The molecule has 1 aliphatic heterocycles. The first kappa shape index (κ1) is 30.5. The molecule has 0 aliphatic carbocycles. The largest absolute Gasteiger partial charge is 0.332 e. The third-order valence-corrected chi connectivity index (χ3v) is 6.69. The number of piperazine rings is 1. The van der Waals surface area contributed by atoms with E-state index in [1.54, 1.807) is 30.6 Å². The van der Waals surface area contributed by atoms with Gasteiger partial charge in [-0.25, -0.2) is 4.98 Å². The van der Waals surface area contributed by atoms with Gasteiger partial charge in [-0.1, -0.05) is 45.6 Å². The van der Waals surface area contributed by atoms with Crippen molar-refractivity contribution < 1.29 is 4.79 Å². The zero-order chi connectivity index (χ0) is 28.7. The normalized spacial score (nSPS) is 13.7. The van der Waals surface area contributed by atoms with Crippen LogP contribution in [0.1, 0.15) is 72.2 Å². The van der Waals surface area contributed by atoms with Gasteiger partial charge >= 0.3 is 0 Å². The van der Waals surface area contributed by atoms with Crippen molar-refractivity contribution in [2.75, 3.05) is 38.0 Å². The summed E-state index contributed by atoms with van der Waals surface area (Å²) in [6, 6.07) is 7.81. The molecule has 4 rings (SSSR count). The molecule has 1 aromatic carbocycles. The van der Waals surface area contributed by atoms with Gasteiger partial charge in [0.2, 0.25) is 0 Å². The van der Waals surface area contributed by atoms with Crippen molar-refractivity contribution in [2.45, 2.75) is 47.1 Å². The van der Waals surface area contributed by atoms with Crippen molar-refractivity contribution in [1.82, 2.24) is 24.8 Å². The molecule has 0 saturated carbocycles. The van der Waals surface area contributed by atoms with Crippen LogP contribution in [0.5, 0.6) is 0 Å². The Morgan fingerprint density at radius 2 is 1.80 bits per heavy atom. The molecule has 0 spiro atoms. The first-order valence-corrected chi connectivity index (χ1v) is 14.0. The molecule has 3 aromatic rings. The van der Waals surface area contributed by atoms with E-state index in [0.29, 0.717) is 22.6 Å². The molecular formula is C32H41N7O. The summed E-state index contributed by atoms with van der Waals surface area (Å²) in [5.74, 6) is 6.39. The van der Waals surface area contributed by atoms with E-state index in [-0.39, 0.29) is 5.91 Å². The van der Waals surface area contributed by atoms with Gasteiger partial charge in [-0.2, -0.15) is 0 Å². The number of benzene rings is 1. The number of unbranched alkanes of at least 4 members (excludes halogenated alkanes) is 1. The molecule has 40 heavy (non-hydrogen) atoms. The number of rotatable bonds is 8. The quantitative estimate of drug-likeness (QED) is 0.264. The predicted molar refractivity (Wildman–Crippen MR) is 164 cm³/mol. The maximum absolute atomic E-state index is 12.9. The maximum atomic E-state index is 12.9. The van der Waals surface area contributed by atoms with E-state index in [0.717, 1.165) is 50.5 Å². The summed E-state index contributed by atoms with van der Waals surface area (Å²) in [5.41, 5.74) is 4.92. The van der Waals surface area contributed by atoms with Gasteiger partial charge in [0.1, 0.15) is 11.5 Å². The summed E-state index contributed by atoms with van der Waals surface area (Å²) < 4.78 is 0. The zero-order valence-electron chi connectivity index (χ0n) is 24.1. The third-order valence-electron chi connectivity index (χ3n) is 6.69. The van der Waals surface area contributed by atoms with Crippen LogP contribution in [-0.2, 0) is 6.54 Å². The van der Waals surface area contributed by atoms with Crippen molar-refractivity contribution >= 4 is 23.9 Å². The predicted octanol–water partition coefficient (Wildman–Crippen LogP) is 5.37. The first-order chi connectivity index (χ1) is 19.4. The maximum Gasteiger partial charge on any atom is 0.257 e. The lowest BCUT2D eigenvalue weighted by atomic mass is 10.1. The Morgan fingerprint density at radius 3 is 2.48 bits per heavy atom. The molecule has 210 valence electrons. The van der Waals surface area contributed by atoms with E-state index in [9.17, 15) is 4.79 Å². The van der Waals surface area contributed by atoms with Crippen LogP contribution in [-0.4, -0.2) is 69.6 Å². The lowest BCUT2D eigenvalue weighted by Crippen LogP contribution is -2.45. The number of carbonyl (C=O) groups excluding carboxylic acids is 1. The number of aromatic nitrogens is 3. The fourth-order valence-electron chi connectivity index (χ4n) is 4.05. The van der Waals surface area contributed by atoms with Gasteiger partial charge in [0, 0.05) is 62.6 Å². The van der Waals surface area contributed by atoms with Gasteiger partial charge in [-0.05, 0) is 60.9 Å². The Labute approximate surface area is 238 Å². The standard InChI is InChI=1S/C28H31N7O.C4H10/c1-3-34-11-13-35(14-12-34)20-23-7-9-25(15-21(23)2)33-28(36)24-16-22(17-30-18-24)6-8-26-19-31-27(32-26)5-4-10-29;1-3-4-2/h4-5,7,9-10,15-19,29H,3,11-14,20H2,1-2H3,(H,31,32)(H,33,36);3-4H2,1-2H3/b5-4-,29-10?;. The Balaban J connectivity index is 0.00000103. The number of hydrogen-bond acceptors (Lipinski definition) is 6. The van der Waals surface area contributed by atoms with E-state index in [2.05, 4.69) is 75.7 Å². The van der Waals surface area contributed by atoms with Crippen LogP contribution in [0.25, 0.3) is 6.08 Å². The van der Waals surface area contributed by atoms with Gasteiger partial charge < -0.3 is 20.6 Å². The number of allylic oxidation sites excluding steroid dienone is 1. The number of aromatic amines is 1. The van der Waals surface area contributed by atoms with E-state index < -0.39 is 0 Å². The number of anilines is 1. The number of H-pyrrole nitrogens is 1. The van der Waals surface area contributed by atoms with Crippen LogP contribution in [0.2, 0.25) is 0 Å². The molecule has 1 saturated heterocycles. The van der Waals surface area contributed by atoms with Crippen LogP contribution < -0.4 is 5.32 Å². The van der Waals surface area contributed by atoms with E-state index in [1.165, 1.54) is 30.8 Å². The second-order valence-electron chi connectivity index (χ2n) is 9.73. The van der Waals surface area contributed by atoms with Crippen LogP contribution >= 0.6 is 0 Å². The molecule has 0 unspecified atom stereocenters. The lowest BCUT2D eigenvalue weighted by Gasteiger charge is -2.34. The van der Waals surface area contributed by atoms with Crippen molar-refractivity contribution in [2.24, 2.45) is 0 Å². The van der Waals surface area contributed by atoms with Crippen LogP contribution in [0.3, 0.4) is 0 Å². The monoisotopic (exact) mass is 539 g/mol. The number of imidazole rings is 1. The highest BCUT2D eigenvalue weighted by Gasteiger charge is 2.16. The number of carbonyl (C=O) groups is 1. The highest BCUT2D eigenvalue weighted by Crippen LogP contribution is 2.19. The number of nitrogens with zero attached hydrogens (tertiary/aromatic N) is 4. The van der Waals surface area contributed by atoms with E-state index in [1.807, 2.05) is 12.1 Å². The van der Waals surface area contributed by atoms with Crippen molar-refractivity contribution in [3.8, 4) is 11.8 Å². The van der Waals surface area contributed by atoms with Crippen molar-refractivity contribution in [3.05, 3.63) is 82.7 Å². The van der Waals surface area contributed by atoms with Gasteiger partial charge in [0.25, 0.3) is 5.91 Å². The summed E-state index contributed by atoms with van der Waals surface area (Å²) in [5, 5.41) is 10.0. The smallest absolute Gasteiger partial charge is 0.257 e. The lowest BCUT2D eigenvalue weighted by molar-refractivity contribution is 0.102. The van der Waals surface area contributed by atoms with Gasteiger partial charge in [-0.3, -0.25) is 14.7 Å². The summed E-state index contributed by atoms with van der Waals surface area (Å²) >= 11 is 0. The van der Waals surface area contributed by atoms with E-state index in [4.69, 9.17) is 5.41 Å². The molecule has 0 radical (unpaired) electrons. The third kappa shape index (κ3) is 9.60. The molecule has 0 bridgehead atoms. The highest BCUT2D eigenvalue weighted by atomic mass is 16.1. The number of nitrogens with one attached hydrogen (secondary N) is 3. The minimum atomic E-state index is -0.227. The zero-order valence-corrected chi connectivity index (χ0v) is 24.1. The number of pyridine rings is 1. The minimum Gasteiger partial charge on any atom is -0.332 e. The topological polar surface area (TPSA) is 101 Å². The first-order valence-electron chi connectivity index (χ1n) is 14.0. The van der Waals surface area contributed by atoms with Crippen LogP contribution in [0.15, 0.2) is 48.9 Å². The molecule has 1 fully saturated rings. The SMILES string of the molecule is CCCC.CCN1CCN(Cc2ccc(NC(=O)c3cncc(C#Cc4cnc(/C=C\C=N)[nH]4)c3)cc2C)CC1. The number of likely N-dealkylation sites (N-methyl/N-ethyl adjacent to an activating group) is 1. The van der Waals surface area contributed by atoms with E-state index >= 15 is 0 Å². The fraction of sp³-hybridized carbons (Fsp3) is 0.375. The highest BCUT2D eigenvalue weighted by molar-refractivity contribution is 6.04. The van der Waals surface area contributed by atoms with Crippen molar-refractivity contribution in [3.63, 3.8) is 0 Å². The molecule has 1 aliphatic rings. The molecule has 8 heteroatoms. The Bertz CT molecular complexity index is 1340. The van der Waals surface area contributed by atoms with Crippen LogP contribution in [0, 0.1) is 24.2 Å². The van der Waals surface area contributed by atoms with Gasteiger partial charge in [0.15, 0.2) is 0 Å². The van der Waals surface area contributed by atoms with Crippen molar-refractivity contribution in [1.29, 1.82) is 5.41 Å².